The van der Waals surface area contributed by atoms with Gasteiger partial charge in [-0.2, -0.15) is 5.10 Å². The van der Waals surface area contributed by atoms with Crippen molar-refractivity contribution in [1.29, 1.82) is 0 Å². The second-order valence-corrected chi connectivity index (χ2v) is 4.32. The lowest BCUT2D eigenvalue weighted by molar-refractivity contribution is 0.768. The van der Waals surface area contributed by atoms with E-state index in [-0.39, 0.29) is 6.04 Å². The van der Waals surface area contributed by atoms with Crippen molar-refractivity contribution in [3.63, 3.8) is 0 Å². The van der Waals surface area contributed by atoms with Crippen LogP contribution in [0, 0.1) is 0 Å². The summed E-state index contributed by atoms with van der Waals surface area (Å²) in [6, 6.07) is 0.0536. The number of thiazole rings is 1. The van der Waals surface area contributed by atoms with Crippen molar-refractivity contribution in [3.05, 3.63) is 23.5 Å². The topological polar surface area (TPSA) is 56.7 Å². The number of aryl methyl sites for hydroxylation is 1. The van der Waals surface area contributed by atoms with Crippen LogP contribution >= 0.6 is 11.3 Å². The van der Waals surface area contributed by atoms with E-state index in [0.29, 0.717) is 0 Å². The molecule has 2 N–H and O–H groups in total. The minimum absolute atomic E-state index is 0.0536. The average Bonchev–Trinajstić information content (AvgIpc) is 2.70. The highest BCUT2D eigenvalue weighted by atomic mass is 32.1. The number of hydrogen-bond acceptors (Lipinski definition) is 4. The average molecular weight is 208 g/mol. The largest absolute Gasteiger partial charge is 0.323 e. The zero-order chi connectivity index (χ0) is 10.1. The van der Waals surface area contributed by atoms with E-state index in [2.05, 4.69) is 10.1 Å². The van der Waals surface area contributed by atoms with Gasteiger partial charge in [0.15, 0.2) is 0 Å². The monoisotopic (exact) mass is 208 g/mol. The standard InChI is InChI=1S/C9H12N4S/c1-6(10)8-4-11-9(14-8)7-3-12-13(2)5-7/h3-6H,10H2,1-2H3. The lowest BCUT2D eigenvalue weighted by Gasteiger charge is -1.96. The molecule has 2 aromatic heterocycles. The smallest absolute Gasteiger partial charge is 0.126 e. The van der Waals surface area contributed by atoms with Gasteiger partial charge in [0.2, 0.25) is 0 Å². The molecule has 2 aromatic rings. The molecule has 0 aliphatic rings. The molecule has 0 spiro atoms. The Labute approximate surface area is 86.4 Å². The Morgan fingerprint density at radius 1 is 1.50 bits per heavy atom. The molecule has 5 heteroatoms. The normalized spacial score (nSPS) is 13.1. The quantitative estimate of drug-likeness (QED) is 0.815. The van der Waals surface area contributed by atoms with Gasteiger partial charge in [0.25, 0.3) is 0 Å². The van der Waals surface area contributed by atoms with Gasteiger partial charge in [0.05, 0.1) is 6.20 Å². The fourth-order valence-corrected chi connectivity index (χ4v) is 2.01. The van der Waals surface area contributed by atoms with E-state index < -0.39 is 0 Å². The molecular weight excluding hydrogens is 196 g/mol. The molecule has 2 rings (SSSR count). The summed E-state index contributed by atoms with van der Waals surface area (Å²) in [5.74, 6) is 0. The van der Waals surface area contributed by atoms with E-state index in [1.165, 1.54) is 0 Å². The maximum absolute atomic E-state index is 5.76. The van der Waals surface area contributed by atoms with Crippen LogP contribution in [0.3, 0.4) is 0 Å². The van der Waals surface area contributed by atoms with E-state index in [0.717, 1.165) is 15.4 Å². The number of nitrogens with zero attached hydrogens (tertiary/aromatic N) is 3. The number of rotatable bonds is 2. The first-order valence-corrected chi connectivity index (χ1v) is 5.19. The maximum Gasteiger partial charge on any atom is 0.126 e. The zero-order valence-electron chi connectivity index (χ0n) is 8.14. The molecule has 0 radical (unpaired) electrons. The Kier molecular flexibility index (Phi) is 2.35. The van der Waals surface area contributed by atoms with E-state index in [1.807, 2.05) is 32.6 Å². The summed E-state index contributed by atoms with van der Waals surface area (Å²) in [5.41, 5.74) is 6.81. The molecule has 2 heterocycles. The highest BCUT2D eigenvalue weighted by Crippen LogP contribution is 2.27. The van der Waals surface area contributed by atoms with Crippen LogP contribution in [0.4, 0.5) is 0 Å². The fourth-order valence-electron chi connectivity index (χ4n) is 1.16. The van der Waals surface area contributed by atoms with Gasteiger partial charge < -0.3 is 5.73 Å². The first kappa shape index (κ1) is 9.36. The highest BCUT2D eigenvalue weighted by Gasteiger charge is 2.08. The van der Waals surface area contributed by atoms with Crippen LogP contribution in [0.5, 0.6) is 0 Å². The summed E-state index contributed by atoms with van der Waals surface area (Å²) in [6.45, 7) is 1.96. The Hall–Kier alpha value is -1.20. The molecular formula is C9H12N4S. The van der Waals surface area contributed by atoms with Gasteiger partial charge in [-0.15, -0.1) is 11.3 Å². The summed E-state index contributed by atoms with van der Waals surface area (Å²) in [4.78, 5) is 5.41. The summed E-state index contributed by atoms with van der Waals surface area (Å²) < 4.78 is 1.77. The van der Waals surface area contributed by atoms with E-state index in [4.69, 9.17) is 5.73 Å². The lowest BCUT2D eigenvalue weighted by Crippen LogP contribution is -2.01. The fraction of sp³-hybridized carbons (Fsp3) is 0.333. The van der Waals surface area contributed by atoms with Gasteiger partial charge in [-0.05, 0) is 6.92 Å². The molecule has 14 heavy (non-hydrogen) atoms. The molecule has 0 amide bonds. The van der Waals surface area contributed by atoms with Crippen molar-refractivity contribution in [2.24, 2.45) is 12.8 Å². The molecule has 0 fully saturated rings. The van der Waals surface area contributed by atoms with Gasteiger partial charge in [-0.3, -0.25) is 4.68 Å². The zero-order valence-corrected chi connectivity index (χ0v) is 8.95. The molecule has 4 nitrogen and oxygen atoms in total. The summed E-state index contributed by atoms with van der Waals surface area (Å²) in [6.07, 6.45) is 5.59. The number of hydrogen-bond donors (Lipinski definition) is 1. The van der Waals surface area contributed by atoms with Crippen LogP contribution in [0.15, 0.2) is 18.6 Å². The van der Waals surface area contributed by atoms with Crippen molar-refractivity contribution in [2.45, 2.75) is 13.0 Å². The molecule has 74 valence electrons. The third-order valence-corrected chi connectivity index (χ3v) is 3.17. The molecule has 0 saturated carbocycles. The van der Waals surface area contributed by atoms with Gasteiger partial charge in [0, 0.05) is 35.9 Å². The predicted octanol–water partition coefficient (Wildman–Crippen LogP) is 1.56. The van der Waals surface area contributed by atoms with Crippen molar-refractivity contribution >= 4 is 11.3 Å². The van der Waals surface area contributed by atoms with Crippen LogP contribution in [-0.4, -0.2) is 14.8 Å². The van der Waals surface area contributed by atoms with E-state index in [1.54, 1.807) is 16.0 Å². The van der Waals surface area contributed by atoms with Crippen LogP contribution in [0.25, 0.3) is 10.6 Å². The molecule has 0 bridgehead atoms. The summed E-state index contributed by atoms with van der Waals surface area (Å²) in [7, 11) is 1.89. The summed E-state index contributed by atoms with van der Waals surface area (Å²) in [5, 5.41) is 5.08. The second kappa shape index (κ2) is 3.51. The number of aromatic nitrogens is 3. The van der Waals surface area contributed by atoms with Gasteiger partial charge in [-0.25, -0.2) is 4.98 Å². The van der Waals surface area contributed by atoms with Gasteiger partial charge in [-0.1, -0.05) is 0 Å². The van der Waals surface area contributed by atoms with Crippen molar-refractivity contribution < 1.29 is 0 Å². The van der Waals surface area contributed by atoms with E-state index >= 15 is 0 Å². The Morgan fingerprint density at radius 2 is 2.29 bits per heavy atom. The van der Waals surface area contributed by atoms with Crippen LogP contribution in [0.2, 0.25) is 0 Å². The van der Waals surface area contributed by atoms with Crippen molar-refractivity contribution in [3.8, 4) is 10.6 Å². The maximum atomic E-state index is 5.76. The SMILES string of the molecule is CC(N)c1cnc(-c2cnn(C)c2)s1. The highest BCUT2D eigenvalue weighted by molar-refractivity contribution is 7.15. The molecule has 0 aliphatic carbocycles. The van der Waals surface area contributed by atoms with Crippen LogP contribution in [0.1, 0.15) is 17.8 Å². The van der Waals surface area contributed by atoms with E-state index in [9.17, 15) is 0 Å². The molecule has 0 aromatic carbocycles. The van der Waals surface area contributed by atoms with Crippen LogP contribution in [-0.2, 0) is 7.05 Å². The third-order valence-electron chi connectivity index (χ3n) is 1.92. The number of nitrogens with two attached hydrogens (primary N) is 1. The first-order valence-electron chi connectivity index (χ1n) is 4.37. The molecule has 0 aliphatic heterocycles. The minimum atomic E-state index is 0.0536. The van der Waals surface area contributed by atoms with Gasteiger partial charge >= 0.3 is 0 Å². The Balaban J connectivity index is 2.33. The molecule has 0 saturated heterocycles. The van der Waals surface area contributed by atoms with Crippen molar-refractivity contribution in [1.82, 2.24) is 14.8 Å². The second-order valence-electron chi connectivity index (χ2n) is 3.26. The third kappa shape index (κ3) is 1.69. The predicted molar refractivity (Wildman–Crippen MR) is 56.9 cm³/mol. The van der Waals surface area contributed by atoms with Gasteiger partial charge in [0.1, 0.15) is 5.01 Å². The minimum Gasteiger partial charge on any atom is -0.323 e. The van der Waals surface area contributed by atoms with Crippen LogP contribution < -0.4 is 5.73 Å². The molecule has 1 atom stereocenters. The van der Waals surface area contributed by atoms with Crippen molar-refractivity contribution in [2.75, 3.05) is 0 Å². The first-order chi connectivity index (χ1) is 6.66. The summed E-state index contributed by atoms with van der Waals surface area (Å²) >= 11 is 1.62. The molecule has 1 unspecified atom stereocenters. The Morgan fingerprint density at radius 3 is 2.79 bits per heavy atom. The Bertz CT molecular complexity index is 429. The lowest BCUT2D eigenvalue weighted by atomic mass is 10.3.